The maximum absolute atomic E-state index is 13.7. The standard InChI is InChI=1S/C28H23N3O2S/c1-2-33-24-14-15-25-26(17-24)34-28(30-25)31(19-20-7-6-16-29-18-20)27(32)23-12-10-22(11-13-23)21-8-4-3-5-9-21/h3-18H,2,19H2,1H3. The normalized spacial score (nSPS) is 10.9. The van der Waals surface area contributed by atoms with E-state index in [0.717, 1.165) is 32.7 Å². The number of aromatic nitrogens is 2. The number of rotatable bonds is 7. The summed E-state index contributed by atoms with van der Waals surface area (Å²) in [5, 5.41) is 0.643. The van der Waals surface area contributed by atoms with Gasteiger partial charge >= 0.3 is 0 Å². The largest absolute Gasteiger partial charge is 0.494 e. The Balaban J connectivity index is 1.49. The van der Waals surface area contributed by atoms with E-state index in [2.05, 4.69) is 17.1 Å². The van der Waals surface area contributed by atoms with Gasteiger partial charge in [-0.25, -0.2) is 4.98 Å². The highest BCUT2D eigenvalue weighted by molar-refractivity contribution is 7.22. The molecule has 5 nitrogen and oxygen atoms in total. The smallest absolute Gasteiger partial charge is 0.260 e. The van der Waals surface area contributed by atoms with Gasteiger partial charge in [0, 0.05) is 18.0 Å². The summed E-state index contributed by atoms with van der Waals surface area (Å²) in [6, 6.07) is 27.5. The van der Waals surface area contributed by atoms with E-state index in [9.17, 15) is 4.79 Å². The molecule has 2 heterocycles. The Hall–Kier alpha value is -4.03. The number of thiazole rings is 1. The molecule has 0 saturated heterocycles. The number of amides is 1. The molecule has 1 amide bonds. The lowest BCUT2D eigenvalue weighted by molar-refractivity contribution is 0.0985. The van der Waals surface area contributed by atoms with Gasteiger partial charge in [0.1, 0.15) is 5.75 Å². The van der Waals surface area contributed by atoms with Crippen LogP contribution in [0.15, 0.2) is 97.3 Å². The molecule has 0 N–H and O–H groups in total. The first-order chi connectivity index (χ1) is 16.7. The van der Waals surface area contributed by atoms with Crippen LogP contribution in [0.4, 0.5) is 5.13 Å². The molecule has 0 bridgehead atoms. The van der Waals surface area contributed by atoms with Crippen LogP contribution in [0.5, 0.6) is 5.75 Å². The second-order valence-electron chi connectivity index (χ2n) is 7.75. The van der Waals surface area contributed by atoms with Crippen LogP contribution in [0.25, 0.3) is 21.3 Å². The Labute approximate surface area is 202 Å². The molecule has 0 saturated carbocycles. The molecular formula is C28H23N3O2S. The lowest BCUT2D eigenvalue weighted by atomic mass is 10.0. The molecule has 0 spiro atoms. The van der Waals surface area contributed by atoms with Crippen LogP contribution in [-0.4, -0.2) is 22.5 Å². The summed E-state index contributed by atoms with van der Waals surface area (Å²) in [7, 11) is 0. The van der Waals surface area contributed by atoms with Gasteiger partial charge in [-0.2, -0.15) is 0 Å². The second-order valence-corrected chi connectivity index (χ2v) is 8.76. The Morgan fingerprint density at radius 2 is 1.74 bits per heavy atom. The van der Waals surface area contributed by atoms with Gasteiger partial charge in [0.15, 0.2) is 5.13 Å². The Bertz CT molecular complexity index is 1400. The predicted molar refractivity (Wildman–Crippen MR) is 137 cm³/mol. The number of ether oxygens (including phenoxy) is 1. The summed E-state index contributed by atoms with van der Waals surface area (Å²) >= 11 is 1.48. The highest BCUT2D eigenvalue weighted by atomic mass is 32.1. The number of anilines is 1. The molecule has 0 aliphatic heterocycles. The van der Waals surface area contributed by atoms with E-state index in [-0.39, 0.29) is 5.91 Å². The molecule has 34 heavy (non-hydrogen) atoms. The Morgan fingerprint density at radius 1 is 0.941 bits per heavy atom. The van der Waals surface area contributed by atoms with Crippen molar-refractivity contribution in [3.8, 4) is 16.9 Å². The zero-order chi connectivity index (χ0) is 23.3. The minimum atomic E-state index is -0.104. The van der Waals surface area contributed by atoms with E-state index in [1.807, 2.05) is 79.7 Å². The number of carbonyl (C=O) groups excluding carboxylic acids is 1. The average Bonchev–Trinajstić information content (AvgIpc) is 3.31. The number of carbonyl (C=O) groups is 1. The monoisotopic (exact) mass is 465 g/mol. The van der Waals surface area contributed by atoms with E-state index in [4.69, 9.17) is 9.72 Å². The van der Waals surface area contributed by atoms with Crippen LogP contribution in [0, 0.1) is 0 Å². The quantitative estimate of drug-likeness (QED) is 0.272. The lowest BCUT2D eigenvalue weighted by Crippen LogP contribution is -2.30. The molecule has 0 aliphatic rings. The summed E-state index contributed by atoms with van der Waals surface area (Å²) in [5.41, 5.74) is 4.57. The van der Waals surface area contributed by atoms with Gasteiger partial charge in [-0.1, -0.05) is 59.9 Å². The Morgan fingerprint density at radius 3 is 2.47 bits per heavy atom. The van der Waals surface area contributed by atoms with Gasteiger partial charge in [-0.3, -0.25) is 14.7 Å². The summed E-state index contributed by atoms with van der Waals surface area (Å²) in [6.07, 6.45) is 3.50. The number of fused-ring (bicyclic) bond motifs is 1. The van der Waals surface area contributed by atoms with E-state index in [1.165, 1.54) is 11.3 Å². The summed E-state index contributed by atoms with van der Waals surface area (Å²) in [5.74, 6) is 0.694. The highest BCUT2D eigenvalue weighted by Gasteiger charge is 2.22. The molecule has 5 rings (SSSR count). The van der Waals surface area contributed by atoms with Gasteiger partial charge in [-0.05, 0) is 60.0 Å². The number of hydrogen-bond donors (Lipinski definition) is 0. The van der Waals surface area contributed by atoms with E-state index < -0.39 is 0 Å². The van der Waals surface area contributed by atoms with Crippen molar-refractivity contribution in [3.63, 3.8) is 0 Å². The van der Waals surface area contributed by atoms with E-state index in [1.54, 1.807) is 17.3 Å². The van der Waals surface area contributed by atoms with Crippen molar-refractivity contribution in [2.45, 2.75) is 13.5 Å². The molecule has 0 unspecified atom stereocenters. The third-order valence-corrected chi connectivity index (χ3v) is 6.48. The number of hydrogen-bond acceptors (Lipinski definition) is 5. The zero-order valence-electron chi connectivity index (χ0n) is 18.7. The topological polar surface area (TPSA) is 55.3 Å². The average molecular weight is 466 g/mol. The number of benzene rings is 3. The second kappa shape index (κ2) is 9.85. The van der Waals surface area contributed by atoms with Crippen molar-refractivity contribution >= 4 is 32.6 Å². The van der Waals surface area contributed by atoms with Crippen molar-refractivity contribution in [2.75, 3.05) is 11.5 Å². The molecule has 0 atom stereocenters. The summed E-state index contributed by atoms with van der Waals surface area (Å²) in [4.78, 5) is 24.4. The van der Waals surface area contributed by atoms with Crippen LogP contribution in [0.2, 0.25) is 0 Å². The fourth-order valence-corrected chi connectivity index (χ4v) is 4.75. The van der Waals surface area contributed by atoms with Crippen LogP contribution in [0.1, 0.15) is 22.8 Å². The molecule has 0 aliphatic carbocycles. The highest BCUT2D eigenvalue weighted by Crippen LogP contribution is 2.33. The molecule has 0 fully saturated rings. The summed E-state index contributed by atoms with van der Waals surface area (Å²) in [6.45, 7) is 2.94. The maximum Gasteiger partial charge on any atom is 0.260 e. The van der Waals surface area contributed by atoms with Crippen LogP contribution in [-0.2, 0) is 6.54 Å². The van der Waals surface area contributed by atoms with Crippen LogP contribution >= 0.6 is 11.3 Å². The first kappa shape index (κ1) is 21.8. The third kappa shape index (κ3) is 4.67. The maximum atomic E-state index is 13.7. The molecule has 5 aromatic rings. The van der Waals surface area contributed by atoms with Crippen molar-refractivity contribution in [2.24, 2.45) is 0 Å². The van der Waals surface area contributed by atoms with Crippen molar-refractivity contribution < 1.29 is 9.53 Å². The van der Waals surface area contributed by atoms with Crippen molar-refractivity contribution in [1.82, 2.24) is 9.97 Å². The number of pyridine rings is 1. The Kier molecular flexibility index (Phi) is 6.31. The number of nitrogens with zero attached hydrogens (tertiary/aromatic N) is 3. The van der Waals surface area contributed by atoms with Crippen LogP contribution in [0.3, 0.4) is 0 Å². The molecule has 0 radical (unpaired) electrons. The molecule has 168 valence electrons. The molecule has 6 heteroatoms. The molecule has 2 aromatic heterocycles. The van der Waals surface area contributed by atoms with E-state index in [0.29, 0.717) is 23.8 Å². The first-order valence-electron chi connectivity index (χ1n) is 11.1. The minimum absolute atomic E-state index is 0.104. The van der Waals surface area contributed by atoms with Gasteiger partial charge in [0.25, 0.3) is 5.91 Å². The van der Waals surface area contributed by atoms with Gasteiger partial charge < -0.3 is 4.74 Å². The van der Waals surface area contributed by atoms with E-state index >= 15 is 0 Å². The lowest BCUT2D eigenvalue weighted by Gasteiger charge is -2.20. The predicted octanol–water partition coefficient (Wildman–Crippen LogP) is 6.60. The minimum Gasteiger partial charge on any atom is -0.494 e. The van der Waals surface area contributed by atoms with Crippen LogP contribution < -0.4 is 9.64 Å². The molecule has 3 aromatic carbocycles. The summed E-state index contributed by atoms with van der Waals surface area (Å²) < 4.78 is 6.61. The van der Waals surface area contributed by atoms with Crippen molar-refractivity contribution in [1.29, 1.82) is 0 Å². The fraction of sp³-hybridized carbons (Fsp3) is 0.107. The first-order valence-corrected chi connectivity index (χ1v) is 11.9. The fourth-order valence-electron chi connectivity index (χ4n) is 3.76. The van der Waals surface area contributed by atoms with Gasteiger partial charge in [0.2, 0.25) is 0 Å². The molecular weight excluding hydrogens is 442 g/mol. The SMILES string of the molecule is CCOc1ccc2nc(N(Cc3cccnc3)C(=O)c3ccc(-c4ccccc4)cc3)sc2c1. The van der Waals surface area contributed by atoms with Gasteiger partial charge in [0.05, 0.1) is 23.4 Å². The van der Waals surface area contributed by atoms with Crippen molar-refractivity contribution in [3.05, 3.63) is 108 Å². The van der Waals surface area contributed by atoms with Gasteiger partial charge in [-0.15, -0.1) is 0 Å². The third-order valence-electron chi connectivity index (χ3n) is 5.44. The zero-order valence-corrected chi connectivity index (χ0v) is 19.5.